The molecule has 3 aromatic heterocycles. The molecule has 158 valence electrons. The molecule has 1 aliphatic heterocycles. The highest BCUT2D eigenvalue weighted by Crippen LogP contribution is 2.31. The maximum atomic E-state index is 12.7. The molecule has 0 bridgehead atoms. The minimum absolute atomic E-state index is 0.0465. The van der Waals surface area contributed by atoms with Crippen LogP contribution in [-0.4, -0.2) is 44.1 Å². The number of rotatable bonds is 7. The summed E-state index contributed by atoms with van der Waals surface area (Å²) in [6.07, 6.45) is 6.93. The van der Waals surface area contributed by atoms with Gasteiger partial charge >= 0.3 is 0 Å². The molecular weight excluding hydrogens is 402 g/mol. The van der Waals surface area contributed by atoms with Gasteiger partial charge in [0, 0.05) is 37.3 Å². The van der Waals surface area contributed by atoms with E-state index in [9.17, 15) is 4.79 Å². The standard InChI is InChI=1S/C20H25N7O2S/c1-3-5-16-25-20(29-26-16)15-10-22-13(2)24-18(15)27-8-4-6-14(12-27)19(28)23-11-17-21-7-9-30-17/h7,9-10,14H,3-6,8,11-12H2,1-2H3,(H,23,28). The Morgan fingerprint density at radius 1 is 1.37 bits per heavy atom. The van der Waals surface area contributed by atoms with Crippen LogP contribution in [0.15, 0.2) is 22.3 Å². The molecule has 1 saturated heterocycles. The van der Waals surface area contributed by atoms with Crippen LogP contribution in [-0.2, 0) is 17.8 Å². The molecule has 4 heterocycles. The fourth-order valence-corrected chi connectivity index (χ4v) is 4.13. The summed E-state index contributed by atoms with van der Waals surface area (Å²) in [6, 6.07) is 0. The van der Waals surface area contributed by atoms with E-state index in [-0.39, 0.29) is 11.8 Å². The Labute approximate surface area is 179 Å². The topological polar surface area (TPSA) is 110 Å². The minimum Gasteiger partial charge on any atom is -0.355 e. The smallest absolute Gasteiger partial charge is 0.263 e. The summed E-state index contributed by atoms with van der Waals surface area (Å²) in [6.45, 7) is 5.79. The predicted molar refractivity (Wildman–Crippen MR) is 113 cm³/mol. The number of aryl methyl sites for hydroxylation is 2. The average molecular weight is 428 g/mol. The van der Waals surface area contributed by atoms with E-state index in [1.807, 2.05) is 12.3 Å². The number of hydrogen-bond acceptors (Lipinski definition) is 9. The van der Waals surface area contributed by atoms with Crippen LogP contribution < -0.4 is 10.2 Å². The van der Waals surface area contributed by atoms with Gasteiger partial charge < -0.3 is 14.7 Å². The molecule has 0 radical (unpaired) electrons. The highest BCUT2D eigenvalue weighted by molar-refractivity contribution is 7.09. The van der Waals surface area contributed by atoms with Crippen LogP contribution in [0.2, 0.25) is 0 Å². The zero-order chi connectivity index (χ0) is 20.9. The van der Waals surface area contributed by atoms with Crippen molar-refractivity contribution in [2.45, 2.75) is 46.1 Å². The number of anilines is 1. The lowest BCUT2D eigenvalue weighted by atomic mass is 9.97. The summed E-state index contributed by atoms with van der Waals surface area (Å²) in [5, 5.41) is 9.88. The summed E-state index contributed by atoms with van der Waals surface area (Å²) in [4.78, 5) is 32.6. The van der Waals surface area contributed by atoms with Crippen molar-refractivity contribution in [2.75, 3.05) is 18.0 Å². The first kappa shape index (κ1) is 20.4. The lowest BCUT2D eigenvalue weighted by Crippen LogP contribution is -2.43. The monoisotopic (exact) mass is 427 g/mol. The molecule has 1 atom stereocenters. The number of piperidine rings is 1. The zero-order valence-corrected chi connectivity index (χ0v) is 18.0. The molecular formula is C20H25N7O2S. The number of hydrogen-bond donors (Lipinski definition) is 1. The van der Waals surface area contributed by atoms with Crippen LogP contribution >= 0.6 is 11.3 Å². The second-order valence-electron chi connectivity index (χ2n) is 7.35. The van der Waals surface area contributed by atoms with Crippen molar-refractivity contribution < 1.29 is 9.32 Å². The van der Waals surface area contributed by atoms with Crippen molar-refractivity contribution in [1.82, 2.24) is 30.4 Å². The van der Waals surface area contributed by atoms with Gasteiger partial charge in [-0.15, -0.1) is 11.3 Å². The van der Waals surface area contributed by atoms with Crippen LogP contribution in [0.3, 0.4) is 0 Å². The number of thiazole rings is 1. The molecule has 0 saturated carbocycles. The largest absolute Gasteiger partial charge is 0.355 e. The molecule has 0 spiro atoms. The van der Waals surface area contributed by atoms with Crippen molar-refractivity contribution in [3.63, 3.8) is 0 Å². The number of aromatic nitrogens is 5. The van der Waals surface area contributed by atoms with E-state index < -0.39 is 0 Å². The molecule has 1 amide bonds. The highest BCUT2D eigenvalue weighted by Gasteiger charge is 2.29. The molecule has 1 fully saturated rings. The summed E-state index contributed by atoms with van der Waals surface area (Å²) >= 11 is 1.54. The van der Waals surface area contributed by atoms with Gasteiger partial charge in [0.25, 0.3) is 5.89 Å². The third-order valence-electron chi connectivity index (χ3n) is 5.05. The summed E-state index contributed by atoms with van der Waals surface area (Å²) in [5.74, 6) is 2.44. The normalized spacial score (nSPS) is 16.6. The molecule has 1 unspecified atom stereocenters. The molecule has 30 heavy (non-hydrogen) atoms. The van der Waals surface area contributed by atoms with Gasteiger partial charge in [-0.05, 0) is 26.2 Å². The zero-order valence-electron chi connectivity index (χ0n) is 17.2. The molecule has 0 aromatic carbocycles. The Morgan fingerprint density at radius 2 is 2.27 bits per heavy atom. The van der Waals surface area contributed by atoms with Crippen LogP contribution in [0.1, 0.15) is 42.8 Å². The van der Waals surface area contributed by atoms with Crippen LogP contribution in [0.5, 0.6) is 0 Å². The van der Waals surface area contributed by atoms with Crippen molar-refractivity contribution in [3.8, 4) is 11.5 Å². The van der Waals surface area contributed by atoms with Gasteiger partial charge in [0.1, 0.15) is 22.2 Å². The van der Waals surface area contributed by atoms with Crippen molar-refractivity contribution in [2.24, 2.45) is 5.92 Å². The summed E-state index contributed by atoms with van der Waals surface area (Å²) in [5.41, 5.74) is 0.708. The van der Waals surface area contributed by atoms with Crippen molar-refractivity contribution >= 4 is 23.1 Å². The van der Waals surface area contributed by atoms with E-state index in [1.165, 1.54) is 11.3 Å². The maximum absolute atomic E-state index is 12.7. The van der Waals surface area contributed by atoms with Crippen molar-refractivity contribution in [3.05, 3.63) is 34.4 Å². The van der Waals surface area contributed by atoms with Crippen molar-refractivity contribution in [1.29, 1.82) is 0 Å². The fourth-order valence-electron chi connectivity index (χ4n) is 3.57. The summed E-state index contributed by atoms with van der Waals surface area (Å²) in [7, 11) is 0. The number of nitrogens with zero attached hydrogens (tertiary/aromatic N) is 6. The number of amides is 1. The van der Waals surface area contributed by atoms with Gasteiger partial charge in [0.05, 0.1) is 12.5 Å². The SMILES string of the molecule is CCCc1noc(-c2cnc(C)nc2N2CCCC(C(=O)NCc3nccs3)C2)n1. The predicted octanol–water partition coefficient (Wildman–Crippen LogP) is 2.78. The van der Waals surface area contributed by atoms with E-state index in [2.05, 4.69) is 42.2 Å². The van der Waals surface area contributed by atoms with Crippen LogP contribution in [0.4, 0.5) is 5.82 Å². The molecule has 4 rings (SSSR count). The van der Waals surface area contributed by atoms with Gasteiger partial charge in [-0.3, -0.25) is 4.79 Å². The number of carbonyl (C=O) groups excluding carboxylic acids is 1. The molecule has 9 nitrogen and oxygen atoms in total. The van der Waals surface area contributed by atoms with E-state index in [0.29, 0.717) is 36.2 Å². The Morgan fingerprint density at radius 3 is 3.07 bits per heavy atom. The number of nitrogens with one attached hydrogen (secondary N) is 1. The average Bonchev–Trinajstić information content (AvgIpc) is 3.44. The quantitative estimate of drug-likeness (QED) is 0.613. The maximum Gasteiger partial charge on any atom is 0.263 e. The lowest BCUT2D eigenvalue weighted by molar-refractivity contribution is -0.125. The Balaban J connectivity index is 1.51. The molecule has 1 N–H and O–H groups in total. The minimum atomic E-state index is -0.111. The molecule has 3 aromatic rings. The van der Waals surface area contributed by atoms with E-state index in [1.54, 1.807) is 12.4 Å². The van der Waals surface area contributed by atoms with Crippen LogP contribution in [0.25, 0.3) is 11.5 Å². The Bertz CT molecular complexity index is 989. The highest BCUT2D eigenvalue weighted by atomic mass is 32.1. The molecule has 0 aliphatic carbocycles. The van der Waals surface area contributed by atoms with Gasteiger partial charge in [0.2, 0.25) is 5.91 Å². The van der Waals surface area contributed by atoms with Gasteiger partial charge in [-0.2, -0.15) is 4.98 Å². The Hall–Kier alpha value is -2.88. The fraction of sp³-hybridized carbons (Fsp3) is 0.500. The third kappa shape index (κ3) is 4.64. The third-order valence-corrected chi connectivity index (χ3v) is 5.83. The second kappa shape index (κ2) is 9.29. The summed E-state index contributed by atoms with van der Waals surface area (Å²) < 4.78 is 5.48. The van der Waals surface area contributed by atoms with E-state index in [0.717, 1.165) is 43.1 Å². The van der Waals surface area contributed by atoms with Crippen LogP contribution in [0, 0.1) is 12.8 Å². The Kier molecular flexibility index (Phi) is 6.32. The number of carbonyl (C=O) groups is 1. The molecule has 1 aliphatic rings. The first-order valence-electron chi connectivity index (χ1n) is 10.2. The first-order valence-corrected chi connectivity index (χ1v) is 11.1. The van der Waals surface area contributed by atoms with Gasteiger partial charge in [0.15, 0.2) is 5.82 Å². The second-order valence-corrected chi connectivity index (χ2v) is 8.33. The first-order chi connectivity index (χ1) is 14.6. The van der Waals surface area contributed by atoms with E-state index in [4.69, 9.17) is 4.52 Å². The molecule has 10 heteroatoms. The van der Waals surface area contributed by atoms with Gasteiger partial charge in [-0.25, -0.2) is 15.0 Å². The van der Waals surface area contributed by atoms with Gasteiger partial charge in [-0.1, -0.05) is 12.1 Å². The lowest BCUT2D eigenvalue weighted by Gasteiger charge is -2.33. The van der Waals surface area contributed by atoms with E-state index >= 15 is 0 Å².